The lowest BCUT2D eigenvalue weighted by molar-refractivity contribution is -0.132. The molecule has 3 nitrogen and oxygen atoms in total. The summed E-state index contributed by atoms with van der Waals surface area (Å²) in [5.41, 5.74) is 0.426. The van der Waals surface area contributed by atoms with Gasteiger partial charge in [0.15, 0.2) is 0 Å². The van der Waals surface area contributed by atoms with Crippen LogP contribution in [0.2, 0.25) is 0 Å². The summed E-state index contributed by atoms with van der Waals surface area (Å²) in [5.74, 6) is -0.862. The smallest absolute Gasteiger partial charge is 0.331 e. The van der Waals surface area contributed by atoms with Gasteiger partial charge in [-0.1, -0.05) is 28.7 Å². The van der Waals surface area contributed by atoms with E-state index >= 15 is 0 Å². The van der Waals surface area contributed by atoms with Crippen molar-refractivity contribution in [2.45, 2.75) is 22.9 Å². The average Bonchev–Trinajstić information content (AvgIpc) is 1.94. The predicted molar refractivity (Wildman–Crippen MR) is 48.8 cm³/mol. The van der Waals surface area contributed by atoms with E-state index < -0.39 is 5.97 Å². The van der Waals surface area contributed by atoms with E-state index in [1.54, 1.807) is 6.08 Å². The van der Waals surface area contributed by atoms with Gasteiger partial charge in [-0.3, -0.25) is 0 Å². The maximum Gasteiger partial charge on any atom is 0.331 e. The Bertz CT molecular complexity index is 200. The normalized spacial score (nSPS) is 31.3. The molecular formula is C7H9IO3. The Morgan fingerprint density at radius 2 is 2.36 bits per heavy atom. The molecule has 0 saturated heterocycles. The maximum absolute atomic E-state index is 10.5. The van der Waals surface area contributed by atoms with Gasteiger partial charge in [-0.15, -0.1) is 0 Å². The third-order valence-electron chi connectivity index (χ3n) is 1.71. The van der Waals surface area contributed by atoms with Gasteiger partial charge in [0.2, 0.25) is 0 Å². The zero-order chi connectivity index (χ0) is 8.43. The Morgan fingerprint density at radius 1 is 1.73 bits per heavy atom. The molecule has 0 amide bonds. The molecule has 0 saturated carbocycles. The summed E-state index contributed by atoms with van der Waals surface area (Å²) in [4.78, 5) is 10.5. The van der Waals surface area contributed by atoms with E-state index in [0.717, 1.165) is 0 Å². The summed E-state index contributed by atoms with van der Waals surface area (Å²) in [6.45, 7) is 0. The molecule has 0 aromatic carbocycles. The zero-order valence-corrected chi connectivity index (χ0v) is 7.98. The van der Waals surface area contributed by atoms with Gasteiger partial charge in [0.1, 0.15) is 0 Å². The number of hydrogen-bond acceptors (Lipinski definition) is 2. The first-order chi connectivity index (χ1) is 5.11. The van der Waals surface area contributed by atoms with Crippen molar-refractivity contribution >= 4 is 28.6 Å². The second kappa shape index (κ2) is 3.53. The lowest BCUT2D eigenvalue weighted by Gasteiger charge is -2.20. The van der Waals surface area contributed by atoms with Gasteiger partial charge in [-0.25, -0.2) is 4.79 Å². The number of hydrogen-bond donors (Lipinski definition) is 2. The molecule has 0 heterocycles. The minimum Gasteiger partial charge on any atom is -0.478 e. The molecule has 1 aliphatic rings. The van der Waals surface area contributed by atoms with E-state index in [4.69, 9.17) is 5.11 Å². The Morgan fingerprint density at radius 3 is 2.82 bits per heavy atom. The van der Waals surface area contributed by atoms with Crippen molar-refractivity contribution in [1.29, 1.82) is 0 Å². The molecule has 1 rings (SSSR count). The standard InChI is InChI=1S/C7H9IO3/c8-5-3-4(7(10)11)1-2-6(5)9/h1,5-6,9H,2-3H2,(H,10,11). The molecule has 11 heavy (non-hydrogen) atoms. The van der Waals surface area contributed by atoms with Crippen LogP contribution >= 0.6 is 22.6 Å². The van der Waals surface area contributed by atoms with Crippen molar-refractivity contribution in [3.05, 3.63) is 11.6 Å². The van der Waals surface area contributed by atoms with Crippen LogP contribution in [0.1, 0.15) is 12.8 Å². The van der Waals surface area contributed by atoms with E-state index in [2.05, 4.69) is 22.6 Å². The highest BCUT2D eigenvalue weighted by Crippen LogP contribution is 2.24. The molecule has 1 aliphatic carbocycles. The number of halogens is 1. The van der Waals surface area contributed by atoms with Gasteiger partial charge in [-0.2, -0.15) is 0 Å². The third-order valence-corrected chi connectivity index (χ3v) is 2.98. The van der Waals surface area contributed by atoms with Gasteiger partial charge in [-0.05, 0) is 12.8 Å². The lowest BCUT2D eigenvalue weighted by atomic mass is 9.97. The Labute approximate surface area is 78.2 Å². The van der Waals surface area contributed by atoms with Crippen molar-refractivity contribution in [3.8, 4) is 0 Å². The summed E-state index contributed by atoms with van der Waals surface area (Å²) < 4.78 is 0.0451. The van der Waals surface area contributed by atoms with Crippen LogP contribution in [0, 0.1) is 0 Å². The fourth-order valence-corrected chi connectivity index (χ4v) is 1.78. The molecule has 0 spiro atoms. The van der Waals surface area contributed by atoms with E-state index in [9.17, 15) is 9.90 Å². The van der Waals surface area contributed by atoms with Crippen molar-refractivity contribution in [2.24, 2.45) is 0 Å². The van der Waals surface area contributed by atoms with Crippen molar-refractivity contribution < 1.29 is 15.0 Å². The van der Waals surface area contributed by atoms with Crippen LogP contribution in [-0.4, -0.2) is 26.2 Å². The quantitative estimate of drug-likeness (QED) is 0.550. The molecule has 2 atom stereocenters. The number of aliphatic hydroxyl groups is 1. The van der Waals surface area contributed by atoms with Crippen LogP contribution in [0.3, 0.4) is 0 Å². The highest BCUT2D eigenvalue weighted by molar-refractivity contribution is 14.1. The van der Waals surface area contributed by atoms with Gasteiger partial charge in [0.05, 0.1) is 6.10 Å². The molecule has 0 radical (unpaired) electrons. The number of carbonyl (C=O) groups is 1. The molecule has 0 aliphatic heterocycles. The van der Waals surface area contributed by atoms with Gasteiger partial charge in [0, 0.05) is 9.50 Å². The SMILES string of the molecule is O=C(O)C1=CCC(O)C(I)C1. The Balaban J connectivity index is 2.66. The van der Waals surface area contributed by atoms with Gasteiger partial charge in [0.25, 0.3) is 0 Å². The number of aliphatic carboxylic acids is 1. The number of aliphatic hydroxyl groups excluding tert-OH is 1. The molecule has 62 valence electrons. The molecular weight excluding hydrogens is 259 g/mol. The minimum absolute atomic E-state index is 0.0451. The topological polar surface area (TPSA) is 57.5 Å². The van der Waals surface area contributed by atoms with Crippen LogP contribution in [0.4, 0.5) is 0 Å². The summed E-state index contributed by atoms with van der Waals surface area (Å²) in [6, 6.07) is 0. The van der Waals surface area contributed by atoms with Gasteiger partial charge < -0.3 is 10.2 Å². The predicted octanol–water partition coefficient (Wildman–Crippen LogP) is 0.956. The van der Waals surface area contributed by atoms with Crippen molar-refractivity contribution in [2.75, 3.05) is 0 Å². The second-order valence-electron chi connectivity index (χ2n) is 2.56. The minimum atomic E-state index is -0.862. The van der Waals surface area contributed by atoms with Crippen LogP contribution in [0.5, 0.6) is 0 Å². The number of carboxylic acids is 1. The Hall–Kier alpha value is -0.100. The molecule has 0 aromatic heterocycles. The molecule has 0 fully saturated rings. The van der Waals surface area contributed by atoms with Crippen molar-refractivity contribution in [3.63, 3.8) is 0 Å². The number of carboxylic acid groups (broad SMARTS) is 1. The fourth-order valence-electron chi connectivity index (χ4n) is 1.01. The van der Waals surface area contributed by atoms with Crippen molar-refractivity contribution in [1.82, 2.24) is 0 Å². The van der Waals surface area contributed by atoms with E-state index in [0.29, 0.717) is 18.4 Å². The first-order valence-corrected chi connectivity index (χ1v) is 4.60. The van der Waals surface area contributed by atoms with E-state index in [1.807, 2.05) is 0 Å². The molecule has 0 aromatic rings. The van der Waals surface area contributed by atoms with E-state index in [-0.39, 0.29) is 10.0 Å². The Kier molecular flexibility index (Phi) is 2.89. The van der Waals surface area contributed by atoms with Crippen LogP contribution in [0.15, 0.2) is 11.6 Å². The average molecular weight is 268 g/mol. The maximum atomic E-state index is 10.5. The molecule has 2 unspecified atom stereocenters. The van der Waals surface area contributed by atoms with E-state index in [1.165, 1.54) is 0 Å². The summed E-state index contributed by atoms with van der Waals surface area (Å²) in [7, 11) is 0. The van der Waals surface area contributed by atoms with Crippen LogP contribution < -0.4 is 0 Å². The second-order valence-corrected chi connectivity index (χ2v) is 4.16. The van der Waals surface area contributed by atoms with Crippen LogP contribution in [0.25, 0.3) is 0 Å². The fraction of sp³-hybridized carbons (Fsp3) is 0.571. The summed E-state index contributed by atoms with van der Waals surface area (Å²) in [6.07, 6.45) is 2.16. The first kappa shape index (κ1) is 8.99. The zero-order valence-electron chi connectivity index (χ0n) is 5.83. The molecule has 4 heteroatoms. The highest BCUT2D eigenvalue weighted by Gasteiger charge is 2.24. The first-order valence-electron chi connectivity index (χ1n) is 3.35. The third kappa shape index (κ3) is 2.16. The molecule has 0 bridgehead atoms. The van der Waals surface area contributed by atoms with Gasteiger partial charge >= 0.3 is 5.97 Å². The highest BCUT2D eigenvalue weighted by atomic mass is 127. The number of alkyl halides is 1. The van der Waals surface area contributed by atoms with Crippen LogP contribution in [-0.2, 0) is 4.79 Å². The summed E-state index contributed by atoms with van der Waals surface area (Å²) >= 11 is 2.08. The summed E-state index contributed by atoms with van der Waals surface area (Å²) in [5, 5.41) is 17.8. The monoisotopic (exact) mass is 268 g/mol. The lowest BCUT2D eigenvalue weighted by Crippen LogP contribution is -2.25. The molecule has 2 N–H and O–H groups in total. The number of rotatable bonds is 1. The largest absolute Gasteiger partial charge is 0.478 e.